The predicted octanol–water partition coefficient (Wildman–Crippen LogP) is 3.32. The molecule has 1 amide bonds. The van der Waals surface area contributed by atoms with Gasteiger partial charge in [-0.05, 0) is 43.1 Å². The van der Waals surface area contributed by atoms with Crippen molar-refractivity contribution in [3.63, 3.8) is 0 Å². The Kier molecular flexibility index (Phi) is 4.30. The predicted molar refractivity (Wildman–Crippen MR) is 95.5 cm³/mol. The molecule has 2 heterocycles. The van der Waals surface area contributed by atoms with Crippen molar-refractivity contribution in [2.75, 3.05) is 19.6 Å². The van der Waals surface area contributed by atoms with Gasteiger partial charge in [0.15, 0.2) is 0 Å². The summed E-state index contributed by atoms with van der Waals surface area (Å²) in [5.41, 5.74) is 1.34. The summed E-state index contributed by atoms with van der Waals surface area (Å²) in [5.74, 6) is -0.0853. The molecule has 0 aromatic heterocycles. The van der Waals surface area contributed by atoms with Crippen LogP contribution in [0, 0.1) is 11.2 Å². The third-order valence-electron chi connectivity index (χ3n) is 5.78. The second kappa shape index (κ2) is 6.60. The number of nitrogens with one attached hydrogen (secondary N) is 1. The van der Waals surface area contributed by atoms with Crippen molar-refractivity contribution in [2.45, 2.75) is 25.3 Å². The number of hydrogen-bond donors (Lipinski definition) is 1. The van der Waals surface area contributed by atoms with Crippen LogP contribution in [0.1, 0.15) is 29.9 Å². The van der Waals surface area contributed by atoms with E-state index in [0.29, 0.717) is 18.7 Å². The highest BCUT2D eigenvalue weighted by atomic mass is 19.1. The van der Waals surface area contributed by atoms with Crippen LogP contribution in [0.25, 0.3) is 0 Å². The summed E-state index contributed by atoms with van der Waals surface area (Å²) >= 11 is 0. The summed E-state index contributed by atoms with van der Waals surface area (Å²) < 4.78 is 14.5. The lowest BCUT2D eigenvalue weighted by atomic mass is 9.68. The van der Waals surface area contributed by atoms with E-state index in [4.69, 9.17) is 0 Å². The van der Waals surface area contributed by atoms with Gasteiger partial charge in [0.05, 0.1) is 5.41 Å². The number of rotatable bonds is 3. The largest absolute Gasteiger partial charge is 0.337 e. The van der Waals surface area contributed by atoms with Crippen LogP contribution in [0.3, 0.4) is 0 Å². The normalized spacial score (nSPS) is 22.5. The maximum atomic E-state index is 14.5. The molecule has 4 heteroatoms. The van der Waals surface area contributed by atoms with Crippen LogP contribution in [-0.4, -0.2) is 30.4 Å². The minimum atomic E-state index is -0.470. The van der Waals surface area contributed by atoms with Gasteiger partial charge >= 0.3 is 0 Å². The van der Waals surface area contributed by atoms with Gasteiger partial charge in [0.1, 0.15) is 5.82 Å². The van der Waals surface area contributed by atoms with E-state index in [1.807, 2.05) is 47.4 Å². The molecule has 2 aromatic rings. The number of benzene rings is 2. The molecule has 2 aromatic carbocycles. The van der Waals surface area contributed by atoms with E-state index in [9.17, 15) is 9.18 Å². The first-order valence-corrected chi connectivity index (χ1v) is 8.99. The number of carbonyl (C=O) groups is 1. The van der Waals surface area contributed by atoms with Gasteiger partial charge in [0, 0.05) is 19.0 Å². The van der Waals surface area contributed by atoms with Gasteiger partial charge in [-0.15, -0.1) is 0 Å². The quantitative estimate of drug-likeness (QED) is 0.931. The number of carbonyl (C=O) groups excluding carboxylic acids is 1. The number of likely N-dealkylation sites (tertiary alicyclic amines) is 1. The van der Waals surface area contributed by atoms with Crippen LogP contribution in [-0.2, 0) is 11.3 Å². The maximum Gasteiger partial charge on any atom is 0.229 e. The molecule has 2 aliphatic heterocycles. The zero-order valence-corrected chi connectivity index (χ0v) is 14.2. The van der Waals surface area contributed by atoms with E-state index in [0.717, 1.165) is 31.5 Å². The van der Waals surface area contributed by atoms with Crippen LogP contribution in [0.5, 0.6) is 0 Å². The Labute approximate surface area is 147 Å². The third kappa shape index (κ3) is 2.85. The van der Waals surface area contributed by atoms with Gasteiger partial charge in [0.25, 0.3) is 0 Å². The lowest BCUT2D eigenvalue weighted by Crippen LogP contribution is -2.44. The molecule has 1 N–H and O–H groups in total. The molecule has 0 radical (unpaired) electrons. The fourth-order valence-electron chi connectivity index (χ4n) is 4.47. The van der Waals surface area contributed by atoms with Crippen molar-refractivity contribution < 1.29 is 9.18 Å². The van der Waals surface area contributed by atoms with E-state index in [1.165, 1.54) is 6.07 Å². The van der Waals surface area contributed by atoms with Crippen LogP contribution in [0.4, 0.5) is 4.39 Å². The molecule has 25 heavy (non-hydrogen) atoms. The average molecular weight is 338 g/mol. The Morgan fingerprint density at radius 2 is 1.72 bits per heavy atom. The number of amides is 1. The van der Waals surface area contributed by atoms with Crippen molar-refractivity contribution in [2.24, 2.45) is 5.41 Å². The van der Waals surface area contributed by atoms with Gasteiger partial charge in [-0.1, -0.05) is 48.5 Å². The minimum absolute atomic E-state index is 0.0768. The van der Waals surface area contributed by atoms with Crippen molar-refractivity contribution in [3.8, 4) is 0 Å². The van der Waals surface area contributed by atoms with E-state index in [-0.39, 0.29) is 17.6 Å². The zero-order valence-electron chi connectivity index (χ0n) is 14.2. The summed E-state index contributed by atoms with van der Waals surface area (Å²) in [4.78, 5) is 15.3. The molecule has 0 aliphatic carbocycles. The molecule has 1 atom stereocenters. The van der Waals surface area contributed by atoms with E-state index in [1.54, 1.807) is 6.07 Å². The van der Waals surface area contributed by atoms with Crippen molar-refractivity contribution in [1.82, 2.24) is 10.2 Å². The summed E-state index contributed by atoms with van der Waals surface area (Å²) in [6, 6.07) is 17.0. The Morgan fingerprint density at radius 3 is 2.44 bits per heavy atom. The molecule has 3 nitrogen and oxygen atoms in total. The molecule has 2 fully saturated rings. The van der Waals surface area contributed by atoms with Gasteiger partial charge in [-0.25, -0.2) is 4.39 Å². The van der Waals surface area contributed by atoms with Crippen molar-refractivity contribution in [1.29, 1.82) is 0 Å². The van der Waals surface area contributed by atoms with E-state index >= 15 is 0 Å². The number of halogens is 1. The van der Waals surface area contributed by atoms with Crippen LogP contribution in [0.2, 0.25) is 0 Å². The summed E-state index contributed by atoms with van der Waals surface area (Å²) in [5, 5.41) is 3.34. The molecule has 2 aliphatic rings. The minimum Gasteiger partial charge on any atom is -0.337 e. The fourth-order valence-corrected chi connectivity index (χ4v) is 4.47. The van der Waals surface area contributed by atoms with Gasteiger partial charge in [0.2, 0.25) is 5.91 Å². The smallest absolute Gasteiger partial charge is 0.229 e. The highest BCUT2D eigenvalue weighted by Gasteiger charge is 2.54. The Balaban J connectivity index is 1.69. The lowest BCUT2D eigenvalue weighted by molar-refractivity contribution is -0.138. The topological polar surface area (TPSA) is 32.3 Å². The molecule has 4 rings (SSSR count). The van der Waals surface area contributed by atoms with Crippen molar-refractivity contribution >= 4 is 5.91 Å². The molecule has 0 bridgehead atoms. The third-order valence-corrected chi connectivity index (χ3v) is 5.78. The molecule has 0 saturated carbocycles. The highest BCUT2D eigenvalue weighted by molar-refractivity contribution is 5.87. The molecule has 1 spiro atoms. The molecule has 2 saturated heterocycles. The van der Waals surface area contributed by atoms with Crippen LogP contribution in [0.15, 0.2) is 54.6 Å². The Bertz CT molecular complexity index is 756. The number of nitrogens with zero attached hydrogens (tertiary/aromatic N) is 1. The number of hydrogen-bond acceptors (Lipinski definition) is 2. The summed E-state index contributed by atoms with van der Waals surface area (Å²) in [6.07, 6.45) is 1.55. The van der Waals surface area contributed by atoms with Crippen molar-refractivity contribution in [3.05, 3.63) is 71.5 Å². The van der Waals surface area contributed by atoms with Crippen LogP contribution < -0.4 is 5.32 Å². The molecule has 130 valence electrons. The summed E-state index contributed by atoms with van der Waals surface area (Å²) in [7, 11) is 0. The Hall–Kier alpha value is -2.20. The lowest BCUT2D eigenvalue weighted by Gasteiger charge is -2.37. The van der Waals surface area contributed by atoms with Gasteiger partial charge in [-0.3, -0.25) is 4.79 Å². The first kappa shape index (κ1) is 16.3. The molecular formula is C21H23FN2O. The first-order valence-electron chi connectivity index (χ1n) is 8.99. The number of piperidine rings is 1. The first-order chi connectivity index (χ1) is 12.2. The van der Waals surface area contributed by atoms with Crippen LogP contribution >= 0.6 is 0 Å². The fraction of sp³-hybridized carbons (Fsp3) is 0.381. The van der Waals surface area contributed by atoms with E-state index < -0.39 is 5.41 Å². The highest BCUT2D eigenvalue weighted by Crippen LogP contribution is 2.50. The Morgan fingerprint density at radius 1 is 1.04 bits per heavy atom. The second-order valence-electron chi connectivity index (χ2n) is 7.15. The monoisotopic (exact) mass is 338 g/mol. The summed E-state index contributed by atoms with van der Waals surface area (Å²) in [6.45, 7) is 2.82. The van der Waals surface area contributed by atoms with Gasteiger partial charge < -0.3 is 10.2 Å². The maximum absolute atomic E-state index is 14.5. The second-order valence-corrected chi connectivity index (χ2v) is 7.15. The zero-order chi connectivity index (χ0) is 17.3. The van der Waals surface area contributed by atoms with Gasteiger partial charge in [-0.2, -0.15) is 0 Å². The molecule has 1 unspecified atom stereocenters. The van der Waals surface area contributed by atoms with E-state index in [2.05, 4.69) is 5.32 Å². The standard InChI is InChI=1S/C21H23FN2O/c22-19-9-5-4-8-17(19)18-15-24(14-16-6-2-1-3-7-16)20(25)21(18)10-12-23-13-11-21/h1-9,18,23H,10-15H2. The SMILES string of the molecule is O=C1N(Cc2ccccc2)CC(c2ccccc2F)C12CCNCC2. The average Bonchev–Trinajstić information content (AvgIpc) is 2.90. The molecular weight excluding hydrogens is 315 g/mol.